The molecular weight excluding hydrogens is 176 g/mol. The fraction of sp³-hybridized carbons (Fsp3) is 0.750. The van der Waals surface area contributed by atoms with E-state index >= 15 is 0 Å². The molecule has 0 spiro atoms. The number of hydrogen-bond acceptors (Lipinski definition) is 2. The predicted molar refractivity (Wildman–Crippen MR) is 58.0 cm³/mol. The summed E-state index contributed by atoms with van der Waals surface area (Å²) in [4.78, 5) is 10.8. The van der Waals surface area contributed by atoms with E-state index in [1.807, 2.05) is 0 Å². The molecule has 0 aromatic heterocycles. The van der Waals surface area contributed by atoms with Gasteiger partial charge in [-0.3, -0.25) is 0 Å². The van der Waals surface area contributed by atoms with Gasteiger partial charge in [0.25, 0.3) is 0 Å². The topological polar surface area (TPSA) is 26.3 Å². The number of carbonyl (C=O) groups excluding carboxylic acids is 1. The lowest BCUT2D eigenvalue weighted by Gasteiger charge is -2.06. The van der Waals surface area contributed by atoms with Gasteiger partial charge in [-0.15, -0.1) is 5.92 Å². The molecule has 1 unspecified atom stereocenters. The van der Waals surface area contributed by atoms with Crippen LogP contribution in [-0.4, -0.2) is 19.0 Å². The second kappa shape index (κ2) is 8.77. The average molecular weight is 197 g/mol. The van der Waals surface area contributed by atoms with Crippen molar-refractivity contribution in [1.29, 1.82) is 0 Å². The molecule has 0 saturated carbocycles. The number of ketones is 1. The Morgan fingerprint density at radius 1 is 1.64 bits per heavy atom. The molecule has 2 nitrogen and oxygen atoms in total. The Labute approximate surface area is 88.4 Å². The van der Waals surface area contributed by atoms with Crippen molar-refractivity contribution in [3.8, 4) is 11.8 Å². The third kappa shape index (κ3) is 7.82. The Morgan fingerprint density at radius 2 is 2.36 bits per heavy atom. The van der Waals surface area contributed by atoms with E-state index in [1.54, 1.807) is 0 Å². The van der Waals surface area contributed by atoms with E-state index in [4.69, 9.17) is 6.11 Å². The number of Topliss-reactive ketones (excluding diaryl/α,β-unsaturated/α-hetero) is 1. The average Bonchev–Trinajstić information content (AvgIpc) is 2.22. The minimum absolute atomic E-state index is 0.0685. The summed E-state index contributed by atoms with van der Waals surface area (Å²) < 4.78 is 12.9. The fourth-order valence-corrected chi connectivity index (χ4v) is 0.931. The van der Waals surface area contributed by atoms with E-state index in [-0.39, 0.29) is 5.78 Å². The van der Waals surface area contributed by atoms with Gasteiger partial charge in [0.05, 0.1) is 1.37 Å². The van der Waals surface area contributed by atoms with E-state index in [2.05, 4.69) is 18.8 Å². The highest BCUT2D eigenvalue weighted by Gasteiger charge is 2.03. The quantitative estimate of drug-likeness (QED) is 0.483. The van der Waals surface area contributed by atoms with Gasteiger partial charge in [-0.1, -0.05) is 19.3 Å². The third-order valence-corrected chi connectivity index (χ3v) is 1.83. The molecule has 14 heavy (non-hydrogen) atoms. The first-order chi connectivity index (χ1) is 7.04. The van der Waals surface area contributed by atoms with E-state index in [0.29, 0.717) is 12.8 Å². The summed E-state index contributed by atoms with van der Waals surface area (Å²) in [6, 6.07) is 0. The predicted octanol–water partition coefficient (Wildman–Crippen LogP) is 2.56. The van der Waals surface area contributed by atoms with Crippen LogP contribution in [0, 0.1) is 11.8 Å². The highest BCUT2D eigenvalue weighted by Crippen LogP contribution is 2.01. The second-order valence-electron chi connectivity index (χ2n) is 3.23. The van der Waals surface area contributed by atoms with Crippen molar-refractivity contribution in [2.45, 2.75) is 52.0 Å². The molecule has 0 radical (unpaired) electrons. The van der Waals surface area contributed by atoms with E-state index in [9.17, 15) is 4.79 Å². The minimum Gasteiger partial charge on any atom is -0.369 e. The molecule has 0 saturated heterocycles. The van der Waals surface area contributed by atoms with Gasteiger partial charge in [-0.2, -0.15) is 0 Å². The monoisotopic (exact) mass is 197 g/mol. The zero-order valence-electron chi connectivity index (χ0n) is 10.4. The number of hydrogen-bond donors (Lipinski definition) is 0. The molecular formula is C12H20O2. The van der Waals surface area contributed by atoms with Crippen LogP contribution >= 0.6 is 0 Å². The Kier molecular flexibility index (Phi) is 7.06. The van der Waals surface area contributed by atoms with Crippen molar-refractivity contribution in [3.05, 3.63) is 0 Å². The normalized spacial score (nSPS) is 14.9. The zero-order valence-corrected chi connectivity index (χ0v) is 9.35. The Balaban J connectivity index is 4.14. The van der Waals surface area contributed by atoms with E-state index in [1.165, 1.54) is 14.0 Å². The molecule has 0 bridgehead atoms. The maximum atomic E-state index is 10.8. The summed E-state index contributed by atoms with van der Waals surface area (Å²) in [6.45, 7) is 3.61. The van der Waals surface area contributed by atoms with Crippen molar-refractivity contribution in [2.24, 2.45) is 0 Å². The van der Waals surface area contributed by atoms with Gasteiger partial charge in [-0.05, 0) is 19.8 Å². The van der Waals surface area contributed by atoms with Crippen LogP contribution in [-0.2, 0) is 9.53 Å². The lowest BCUT2D eigenvalue weighted by molar-refractivity contribution is -0.117. The van der Waals surface area contributed by atoms with Gasteiger partial charge in [0.1, 0.15) is 11.9 Å². The Morgan fingerprint density at radius 3 is 2.86 bits per heavy atom. The molecule has 1 atom stereocenters. The third-order valence-electron chi connectivity index (χ3n) is 1.83. The Bertz CT molecular complexity index is 252. The van der Waals surface area contributed by atoms with Crippen LogP contribution in [0.1, 0.15) is 47.3 Å². The molecule has 0 aromatic rings. The number of ether oxygens (including phenoxy) is 1. The van der Waals surface area contributed by atoms with Gasteiger partial charge < -0.3 is 9.53 Å². The summed E-state index contributed by atoms with van der Waals surface area (Å²) in [5.41, 5.74) is 0. The standard InChI is InChI=1S/C12H20O2/c1-4-5-6-7-8-12(14-3)10-9-11(2)13/h12H,4-6,9-10H2,1-3H3/i12D. The molecule has 0 aliphatic carbocycles. The molecule has 2 heteroatoms. The maximum Gasteiger partial charge on any atom is 0.129 e. The van der Waals surface area contributed by atoms with Crippen LogP contribution < -0.4 is 0 Å². The van der Waals surface area contributed by atoms with Gasteiger partial charge in [0.2, 0.25) is 0 Å². The summed E-state index contributed by atoms with van der Waals surface area (Å²) in [7, 11) is 1.46. The lowest BCUT2D eigenvalue weighted by Crippen LogP contribution is -2.09. The smallest absolute Gasteiger partial charge is 0.129 e. The molecule has 0 rings (SSSR count). The number of methoxy groups -OCH3 is 1. The lowest BCUT2D eigenvalue weighted by atomic mass is 10.1. The van der Waals surface area contributed by atoms with E-state index in [0.717, 1.165) is 19.3 Å². The number of carbonyl (C=O) groups is 1. The maximum absolute atomic E-state index is 10.8. The van der Waals surface area contributed by atoms with Crippen LogP contribution in [0.25, 0.3) is 0 Å². The molecule has 0 aliphatic rings. The summed E-state index contributed by atoms with van der Waals surface area (Å²) in [6.07, 6.45) is 2.41. The van der Waals surface area contributed by atoms with Gasteiger partial charge in [0.15, 0.2) is 0 Å². The highest BCUT2D eigenvalue weighted by atomic mass is 16.5. The molecule has 0 aliphatic heterocycles. The van der Waals surface area contributed by atoms with Crippen LogP contribution in [0.5, 0.6) is 0 Å². The molecule has 0 amide bonds. The summed E-state index contributed by atoms with van der Waals surface area (Å²) >= 11 is 0. The van der Waals surface area contributed by atoms with Crippen molar-refractivity contribution in [1.82, 2.24) is 0 Å². The van der Waals surface area contributed by atoms with Crippen LogP contribution in [0.4, 0.5) is 0 Å². The second-order valence-corrected chi connectivity index (χ2v) is 3.23. The highest BCUT2D eigenvalue weighted by molar-refractivity contribution is 5.75. The van der Waals surface area contributed by atoms with Crippen molar-refractivity contribution < 1.29 is 10.9 Å². The van der Waals surface area contributed by atoms with Crippen molar-refractivity contribution in [3.63, 3.8) is 0 Å². The first kappa shape index (κ1) is 11.3. The van der Waals surface area contributed by atoms with Crippen molar-refractivity contribution >= 4 is 5.78 Å². The number of unbranched alkanes of at least 4 members (excludes halogenated alkanes) is 2. The van der Waals surface area contributed by atoms with Gasteiger partial charge in [-0.25, -0.2) is 0 Å². The minimum atomic E-state index is -1.21. The van der Waals surface area contributed by atoms with Crippen molar-refractivity contribution in [2.75, 3.05) is 7.11 Å². The molecule has 80 valence electrons. The fourth-order valence-electron chi connectivity index (χ4n) is 0.931. The molecule has 0 heterocycles. The van der Waals surface area contributed by atoms with E-state index < -0.39 is 6.08 Å². The Hall–Kier alpha value is -0.810. The number of rotatable bonds is 6. The van der Waals surface area contributed by atoms with Crippen LogP contribution in [0.3, 0.4) is 0 Å². The first-order valence-electron chi connectivity index (χ1n) is 5.58. The molecule has 0 aromatic carbocycles. The molecule has 0 N–H and O–H groups in total. The van der Waals surface area contributed by atoms with Crippen LogP contribution in [0.2, 0.25) is 0 Å². The zero-order chi connectivity index (χ0) is 11.7. The summed E-state index contributed by atoms with van der Waals surface area (Å²) in [5, 5.41) is 0. The van der Waals surface area contributed by atoms with Gasteiger partial charge in [0, 0.05) is 20.0 Å². The summed E-state index contributed by atoms with van der Waals surface area (Å²) in [5.74, 6) is 5.77. The largest absolute Gasteiger partial charge is 0.369 e. The molecule has 0 fully saturated rings. The SMILES string of the molecule is [2H]C(C#CCCCC)(CCC(C)=O)OC. The first-order valence-corrected chi connectivity index (χ1v) is 5.08. The van der Waals surface area contributed by atoms with Crippen LogP contribution in [0.15, 0.2) is 0 Å². The van der Waals surface area contributed by atoms with Gasteiger partial charge >= 0.3 is 0 Å².